The maximum absolute atomic E-state index is 14.2. The van der Waals surface area contributed by atoms with Crippen LogP contribution in [0.4, 0.5) is 14.9 Å². The largest absolute Gasteiger partial charge is 0.494 e. The van der Waals surface area contributed by atoms with E-state index in [9.17, 15) is 14.0 Å². The SMILES string of the molecule is CCOC(=O)C1=C(CN2CCN(c3ccccc3F)CC2)NC(=O)NC1c1ccc(OCC)cc1. The number of carbonyl (C=O) groups excluding carboxylic acids is 2. The number of esters is 1. The van der Waals surface area contributed by atoms with Crippen molar-refractivity contribution in [3.05, 3.63) is 71.2 Å². The molecule has 186 valence electrons. The van der Waals surface area contributed by atoms with Gasteiger partial charge in [0.2, 0.25) is 0 Å². The molecule has 9 heteroatoms. The Labute approximate surface area is 204 Å². The van der Waals surface area contributed by atoms with Crippen LogP contribution >= 0.6 is 0 Å². The van der Waals surface area contributed by atoms with Gasteiger partial charge in [-0.25, -0.2) is 14.0 Å². The molecule has 2 N–H and O–H groups in total. The highest BCUT2D eigenvalue weighted by Crippen LogP contribution is 2.30. The zero-order valence-electron chi connectivity index (χ0n) is 20.1. The van der Waals surface area contributed by atoms with Gasteiger partial charge in [-0.05, 0) is 43.7 Å². The lowest BCUT2D eigenvalue weighted by molar-refractivity contribution is -0.139. The van der Waals surface area contributed by atoms with Crippen molar-refractivity contribution in [2.75, 3.05) is 50.8 Å². The fourth-order valence-corrected chi connectivity index (χ4v) is 4.44. The van der Waals surface area contributed by atoms with Gasteiger partial charge in [0, 0.05) is 38.4 Å². The predicted octanol–water partition coefficient (Wildman–Crippen LogP) is 3.22. The normalized spacial score (nSPS) is 18.7. The first kappa shape index (κ1) is 24.5. The number of rotatable bonds is 8. The van der Waals surface area contributed by atoms with E-state index in [0.29, 0.717) is 62.0 Å². The minimum Gasteiger partial charge on any atom is -0.494 e. The maximum atomic E-state index is 14.2. The summed E-state index contributed by atoms with van der Waals surface area (Å²) in [5, 5.41) is 5.68. The Morgan fingerprint density at radius 1 is 1.03 bits per heavy atom. The third-order valence-electron chi connectivity index (χ3n) is 6.12. The topological polar surface area (TPSA) is 83.1 Å². The Bertz CT molecular complexity index is 1080. The van der Waals surface area contributed by atoms with E-state index in [0.717, 1.165) is 5.56 Å². The molecule has 0 aliphatic carbocycles. The minimum atomic E-state index is -0.645. The molecule has 0 bridgehead atoms. The van der Waals surface area contributed by atoms with Gasteiger partial charge in [-0.15, -0.1) is 0 Å². The zero-order valence-corrected chi connectivity index (χ0v) is 20.1. The van der Waals surface area contributed by atoms with Gasteiger partial charge in [0.25, 0.3) is 0 Å². The van der Waals surface area contributed by atoms with Gasteiger partial charge in [-0.1, -0.05) is 24.3 Å². The molecule has 2 aliphatic rings. The number of para-hydroxylation sites is 1. The van der Waals surface area contributed by atoms with Gasteiger partial charge >= 0.3 is 12.0 Å². The van der Waals surface area contributed by atoms with E-state index in [1.165, 1.54) is 6.07 Å². The quantitative estimate of drug-likeness (QED) is 0.563. The standard InChI is InChI=1S/C26H31FN4O4/c1-3-34-19-11-9-18(10-12-19)24-23(25(32)35-4-2)21(28-26(33)29-24)17-30-13-15-31(16-14-30)22-8-6-5-7-20(22)27/h5-12,24H,3-4,13-17H2,1-2H3,(H2,28,29,33). The van der Waals surface area contributed by atoms with Crippen LogP contribution < -0.4 is 20.3 Å². The van der Waals surface area contributed by atoms with Crippen LogP contribution in [-0.4, -0.2) is 62.8 Å². The lowest BCUT2D eigenvalue weighted by Crippen LogP contribution is -2.52. The van der Waals surface area contributed by atoms with Gasteiger partial charge in [0.05, 0.1) is 30.5 Å². The molecule has 4 rings (SSSR count). The first-order valence-corrected chi connectivity index (χ1v) is 11.9. The van der Waals surface area contributed by atoms with Crippen molar-refractivity contribution in [1.29, 1.82) is 0 Å². The van der Waals surface area contributed by atoms with E-state index < -0.39 is 12.0 Å². The molecule has 2 amide bonds. The number of carbonyl (C=O) groups is 2. The monoisotopic (exact) mass is 482 g/mol. The number of piperazine rings is 1. The molecular weight excluding hydrogens is 451 g/mol. The van der Waals surface area contributed by atoms with Crippen LogP contribution in [0.25, 0.3) is 0 Å². The van der Waals surface area contributed by atoms with Crippen LogP contribution in [0, 0.1) is 5.82 Å². The summed E-state index contributed by atoms with van der Waals surface area (Å²) in [5.74, 6) is 0.00192. The number of nitrogens with zero attached hydrogens (tertiary/aromatic N) is 2. The van der Waals surface area contributed by atoms with Crippen molar-refractivity contribution in [2.24, 2.45) is 0 Å². The van der Waals surface area contributed by atoms with Crippen molar-refractivity contribution in [2.45, 2.75) is 19.9 Å². The van der Waals surface area contributed by atoms with Gasteiger partial charge in [0.1, 0.15) is 11.6 Å². The molecule has 2 heterocycles. The van der Waals surface area contributed by atoms with Crippen LogP contribution in [0.3, 0.4) is 0 Å². The average molecular weight is 483 g/mol. The van der Waals surface area contributed by atoms with Gasteiger partial charge < -0.3 is 25.0 Å². The van der Waals surface area contributed by atoms with E-state index >= 15 is 0 Å². The summed E-state index contributed by atoms with van der Waals surface area (Å²) < 4.78 is 25.1. The fraction of sp³-hybridized carbons (Fsp3) is 0.385. The molecule has 2 aromatic rings. The Balaban J connectivity index is 1.55. The number of ether oxygens (including phenoxy) is 2. The molecule has 1 atom stereocenters. The van der Waals surface area contributed by atoms with Gasteiger partial charge in [-0.3, -0.25) is 4.90 Å². The maximum Gasteiger partial charge on any atom is 0.338 e. The molecule has 0 spiro atoms. The lowest BCUT2D eigenvalue weighted by atomic mass is 9.94. The summed E-state index contributed by atoms with van der Waals surface area (Å²) >= 11 is 0. The number of hydrogen-bond donors (Lipinski definition) is 2. The van der Waals surface area contributed by atoms with Crippen LogP contribution in [0.2, 0.25) is 0 Å². The number of halogens is 1. The predicted molar refractivity (Wildman–Crippen MR) is 131 cm³/mol. The summed E-state index contributed by atoms with van der Waals surface area (Å²) in [6.45, 7) is 7.39. The molecule has 0 aromatic heterocycles. The van der Waals surface area contributed by atoms with E-state index in [2.05, 4.69) is 15.5 Å². The molecule has 0 radical (unpaired) electrons. The number of hydrogen-bond acceptors (Lipinski definition) is 6. The lowest BCUT2D eigenvalue weighted by Gasteiger charge is -2.38. The van der Waals surface area contributed by atoms with Crippen molar-refractivity contribution < 1.29 is 23.5 Å². The first-order valence-electron chi connectivity index (χ1n) is 11.9. The summed E-state index contributed by atoms with van der Waals surface area (Å²) in [7, 11) is 0. The molecule has 2 aromatic carbocycles. The molecular formula is C26H31FN4O4. The molecule has 8 nitrogen and oxygen atoms in total. The van der Waals surface area contributed by atoms with Crippen LogP contribution in [0.1, 0.15) is 25.5 Å². The van der Waals surface area contributed by atoms with Crippen LogP contribution in [-0.2, 0) is 9.53 Å². The Hall–Kier alpha value is -3.59. The van der Waals surface area contributed by atoms with E-state index in [1.54, 1.807) is 19.1 Å². The second-order valence-electron chi connectivity index (χ2n) is 8.36. The first-order chi connectivity index (χ1) is 17.0. The van der Waals surface area contributed by atoms with E-state index in [-0.39, 0.29) is 18.5 Å². The number of benzene rings is 2. The third-order valence-corrected chi connectivity index (χ3v) is 6.12. The van der Waals surface area contributed by atoms with E-state index in [1.807, 2.05) is 42.2 Å². The number of urea groups is 1. The zero-order chi connectivity index (χ0) is 24.8. The summed E-state index contributed by atoms with van der Waals surface area (Å²) in [6.07, 6.45) is 0. The summed E-state index contributed by atoms with van der Waals surface area (Å²) in [5.41, 5.74) is 2.25. The molecule has 1 fully saturated rings. The molecule has 1 saturated heterocycles. The second kappa shape index (κ2) is 11.2. The smallest absolute Gasteiger partial charge is 0.338 e. The third kappa shape index (κ3) is 5.74. The molecule has 1 unspecified atom stereocenters. The number of amides is 2. The summed E-state index contributed by atoms with van der Waals surface area (Å²) in [4.78, 5) is 29.7. The Morgan fingerprint density at radius 2 is 1.74 bits per heavy atom. The van der Waals surface area contributed by atoms with Gasteiger partial charge in [-0.2, -0.15) is 0 Å². The van der Waals surface area contributed by atoms with Crippen LogP contribution in [0.5, 0.6) is 5.75 Å². The summed E-state index contributed by atoms with van der Waals surface area (Å²) in [6, 6.07) is 13.0. The molecule has 2 aliphatic heterocycles. The highest BCUT2D eigenvalue weighted by molar-refractivity contribution is 5.95. The highest BCUT2D eigenvalue weighted by atomic mass is 19.1. The van der Waals surface area contributed by atoms with Crippen molar-refractivity contribution >= 4 is 17.7 Å². The number of nitrogens with one attached hydrogen (secondary N) is 2. The van der Waals surface area contributed by atoms with Crippen molar-refractivity contribution in [1.82, 2.24) is 15.5 Å². The van der Waals surface area contributed by atoms with Crippen molar-refractivity contribution in [3.63, 3.8) is 0 Å². The molecule has 0 saturated carbocycles. The van der Waals surface area contributed by atoms with E-state index in [4.69, 9.17) is 9.47 Å². The number of anilines is 1. The molecule has 35 heavy (non-hydrogen) atoms. The highest BCUT2D eigenvalue weighted by Gasteiger charge is 2.34. The van der Waals surface area contributed by atoms with Gasteiger partial charge in [0.15, 0.2) is 0 Å². The average Bonchev–Trinajstić information content (AvgIpc) is 2.85. The second-order valence-corrected chi connectivity index (χ2v) is 8.36. The fourth-order valence-electron chi connectivity index (χ4n) is 4.44. The van der Waals surface area contributed by atoms with Crippen LogP contribution in [0.15, 0.2) is 59.8 Å². The van der Waals surface area contributed by atoms with Crippen molar-refractivity contribution in [3.8, 4) is 5.75 Å². The Kier molecular flexibility index (Phi) is 7.87. The Morgan fingerprint density at radius 3 is 2.40 bits per heavy atom. The minimum absolute atomic E-state index is 0.223.